The topological polar surface area (TPSA) is 49.6 Å². The quantitative estimate of drug-likeness (QED) is 0.690. The molecule has 13 heavy (non-hydrogen) atoms. The number of aromatic nitrogens is 2. The molecule has 0 N–H and O–H groups in total. The second-order valence-corrected chi connectivity index (χ2v) is 3.66. The molecule has 0 amide bonds. The summed E-state index contributed by atoms with van der Waals surface area (Å²) in [5.74, 6) is 0. The van der Waals surface area contributed by atoms with Gasteiger partial charge in [0.25, 0.3) is 0 Å². The lowest BCUT2D eigenvalue weighted by atomic mass is 10.3. The summed E-state index contributed by atoms with van der Waals surface area (Å²) in [5, 5.41) is 9.70. The molecular formula is C9H7N3S. The molecule has 0 radical (unpaired) electrons. The van der Waals surface area contributed by atoms with E-state index in [1.807, 2.05) is 12.1 Å². The molecule has 4 heteroatoms. The maximum Gasteiger partial charge on any atom is 0.145 e. The van der Waals surface area contributed by atoms with Crippen LogP contribution in [0.5, 0.6) is 0 Å². The average Bonchev–Trinajstić information content (AvgIpc) is 2.58. The van der Waals surface area contributed by atoms with E-state index in [0.717, 1.165) is 21.8 Å². The summed E-state index contributed by atoms with van der Waals surface area (Å²) >= 11 is 1.55. The molecule has 0 aliphatic carbocycles. The summed E-state index contributed by atoms with van der Waals surface area (Å²) in [6, 6.07) is 5.55. The van der Waals surface area contributed by atoms with Crippen LogP contribution in [0.15, 0.2) is 12.1 Å². The minimum Gasteiger partial charge on any atom is -0.239 e. The molecule has 2 rings (SSSR count). The largest absolute Gasteiger partial charge is 0.239 e. The monoisotopic (exact) mass is 189 g/mol. The molecule has 0 aliphatic rings. The van der Waals surface area contributed by atoms with Crippen LogP contribution >= 0.6 is 11.3 Å². The predicted octanol–water partition coefficient (Wildman–Crippen LogP) is 2.13. The first-order valence-electron chi connectivity index (χ1n) is 4.00. The minimum absolute atomic E-state index is 0.457. The Morgan fingerprint density at radius 2 is 2.31 bits per heavy atom. The Hall–Kier alpha value is -1.47. The zero-order valence-electron chi connectivity index (χ0n) is 7.11. The van der Waals surface area contributed by atoms with Gasteiger partial charge in [0.15, 0.2) is 0 Å². The van der Waals surface area contributed by atoms with Crippen LogP contribution in [0, 0.1) is 11.3 Å². The van der Waals surface area contributed by atoms with Gasteiger partial charge in [0, 0.05) is 0 Å². The van der Waals surface area contributed by atoms with Gasteiger partial charge in [-0.1, -0.05) is 18.3 Å². The smallest absolute Gasteiger partial charge is 0.145 e. The molecule has 0 aromatic carbocycles. The van der Waals surface area contributed by atoms with Crippen molar-refractivity contribution in [2.75, 3.05) is 0 Å². The van der Waals surface area contributed by atoms with E-state index in [0.29, 0.717) is 5.69 Å². The van der Waals surface area contributed by atoms with Gasteiger partial charge >= 0.3 is 0 Å². The van der Waals surface area contributed by atoms with Gasteiger partial charge in [0.05, 0.1) is 5.01 Å². The highest BCUT2D eigenvalue weighted by molar-refractivity contribution is 7.18. The molecule has 2 aromatic rings. The lowest BCUT2D eigenvalue weighted by molar-refractivity contribution is 1.11. The van der Waals surface area contributed by atoms with Crippen LogP contribution in [0.25, 0.3) is 10.3 Å². The summed E-state index contributed by atoms with van der Waals surface area (Å²) < 4.78 is 0. The SMILES string of the molecule is CCc1nc2ccc(C#N)nc2s1. The first kappa shape index (κ1) is 8.14. The zero-order chi connectivity index (χ0) is 9.26. The second kappa shape index (κ2) is 3.11. The number of hydrogen-bond donors (Lipinski definition) is 0. The van der Waals surface area contributed by atoms with Crippen LogP contribution in [0.1, 0.15) is 17.6 Å². The summed E-state index contributed by atoms with van der Waals surface area (Å²) in [5.41, 5.74) is 1.35. The highest BCUT2D eigenvalue weighted by Crippen LogP contribution is 2.20. The van der Waals surface area contributed by atoms with Gasteiger partial charge in [0.1, 0.15) is 22.1 Å². The van der Waals surface area contributed by atoms with Crippen LogP contribution in [0.3, 0.4) is 0 Å². The number of nitriles is 1. The maximum atomic E-state index is 8.63. The molecule has 0 atom stereocenters. The Morgan fingerprint density at radius 1 is 1.46 bits per heavy atom. The van der Waals surface area contributed by atoms with E-state index < -0.39 is 0 Å². The van der Waals surface area contributed by atoms with Gasteiger partial charge in [-0.3, -0.25) is 0 Å². The van der Waals surface area contributed by atoms with Crippen molar-refractivity contribution < 1.29 is 0 Å². The number of aryl methyl sites for hydroxylation is 1. The first-order valence-corrected chi connectivity index (χ1v) is 4.81. The summed E-state index contributed by atoms with van der Waals surface area (Å²) in [6.45, 7) is 2.06. The van der Waals surface area contributed by atoms with E-state index in [1.165, 1.54) is 0 Å². The Morgan fingerprint density at radius 3 is 3.00 bits per heavy atom. The van der Waals surface area contributed by atoms with E-state index >= 15 is 0 Å². The van der Waals surface area contributed by atoms with Crippen molar-refractivity contribution in [2.24, 2.45) is 0 Å². The maximum absolute atomic E-state index is 8.63. The Bertz CT molecular complexity index is 481. The molecule has 3 nitrogen and oxygen atoms in total. The lowest BCUT2D eigenvalue weighted by Crippen LogP contribution is -1.80. The van der Waals surface area contributed by atoms with Crippen molar-refractivity contribution in [1.82, 2.24) is 9.97 Å². The predicted molar refractivity (Wildman–Crippen MR) is 51.5 cm³/mol. The number of thiazole rings is 1. The van der Waals surface area contributed by atoms with Gasteiger partial charge in [-0.15, -0.1) is 0 Å². The summed E-state index contributed by atoms with van der Waals surface area (Å²) in [4.78, 5) is 9.37. The number of fused-ring (bicyclic) bond motifs is 1. The lowest BCUT2D eigenvalue weighted by Gasteiger charge is -1.85. The zero-order valence-corrected chi connectivity index (χ0v) is 7.93. The standard InChI is InChI=1S/C9H7N3S/c1-2-8-12-7-4-3-6(5-10)11-9(7)13-8/h3-4H,2H2,1H3. The van der Waals surface area contributed by atoms with Crippen molar-refractivity contribution in [1.29, 1.82) is 5.26 Å². The van der Waals surface area contributed by atoms with Gasteiger partial charge < -0.3 is 0 Å². The molecule has 2 heterocycles. The minimum atomic E-state index is 0.457. The Labute approximate surface area is 79.7 Å². The number of pyridine rings is 1. The third-order valence-electron chi connectivity index (χ3n) is 1.72. The Kier molecular flexibility index (Phi) is 1.95. The van der Waals surface area contributed by atoms with Crippen molar-refractivity contribution in [3.8, 4) is 6.07 Å². The van der Waals surface area contributed by atoms with E-state index in [4.69, 9.17) is 5.26 Å². The van der Waals surface area contributed by atoms with Crippen LogP contribution in [-0.4, -0.2) is 9.97 Å². The van der Waals surface area contributed by atoms with Gasteiger partial charge in [0.2, 0.25) is 0 Å². The first-order chi connectivity index (χ1) is 6.33. The molecule has 0 spiro atoms. The van der Waals surface area contributed by atoms with E-state index in [9.17, 15) is 0 Å². The van der Waals surface area contributed by atoms with Gasteiger partial charge in [-0.05, 0) is 18.6 Å². The van der Waals surface area contributed by atoms with Crippen molar-refractivity contribution >= 4 is 21.7 Å². The van der Waals surface area contributed by atoms with E-state index in [1.54, 1.807) is 17.4 Å². The normalized spacial score (nSPS) is 10.2. The third-order valence-corrected chi connectivity index (χ3v) is 2.83. The average molecular weight is 189 g/mol. The molecule has 0 fully saturated rings. The summed E-state index contributed by atoms with van der Waals surface area (Å²) in [6.07, 6.45) is 0.920. The molecular weight excluding hydrogens is 182 g/mol. The molecule has 0 bridgehead atoms. The fraction of sp³-hybridized carbons (Fsp3) is 0.222. The molecule has 0 unspecified atom stereocenters. The van der Waals surface area contributed by atoms with Crippen LogP contribution in [0.4, 0.5) is 0 Å². The molecule has 0 aliphatic heterocycles. The fourth-order valence-electron chi connectivity index (χ4n) is 1.08. The van der Waals surface area contributed by atoms with Crippen LogP contribution < -0.4 is 0 Å². The second-order valence-electron chi connectivity index (χ2n) is 2.59. The highest BCUT2D eigenvalue weighted by Gasteiger charge is 2.03. The number of nitrogens with zero attached hydrogens (tertiary/aromatic N) is 3. The Balaban J connectivity index is 2.65. The fourth-order valence-corrected chi connectivity index (χ4v) is 1.95. The number of rotatable bonds is 1. The summed E-state index contributed by atoms with van der Waals surface area (Å²) in [7, 11) is 0. The molecule has 64 valence electrons. The van der Waals surface area contributed by atoms with Crippen molar-refractivity contribution in [3.05, 3.63) is 22.8 Å². The van der Waals surface area contributed by atoms with Gasteiger partial charge in [-0.2, -0.15) is 5.26 Å². The number of hydrogen-bond acceptors (Lipinski definition) is 4. The van der Waals surface area contributed by atoms with E-state index in [-0.39, 0.29) is 0 Å². The molecule has 0 saturated carbocycles. The van der Waals surface area contributed by atoms with Crippen molar-refractivity contribution in [2.45, 2.75) is 13.3 Å². The van der Waals surface area contributed by atoms with Crippen molar-refractivity contribution in [3.63, 3.8) is 0 Å². The van der Waals surface area contributed by atoms with Gasteiger partial charge in [-0.25, -0.2) is 9.97 Å². The van der Waals surface area contributed by atoms with Crippen LogP contribution in [0.2, 0.25) is 0 Å². The molecule has 2 aromatic heterocycles. The van der Waals surface area contributed by atoms with Crippen LogP contribution in [-0.2, 0) is 6.42 Å². The highest BCUT2D eigenvalue weighted by atomic mass is 32.1. The third kappa shape index (κ3) is 1.38. The molecule has 0 saturated heterocycles. The van der Waals surface area contributed by atoms with E-state index in [2.05, 4.69) is 16.9 Å².